The Morgan fingerprint density at radius 1 is 0.933 bits per heavy atom. The van der Waals surface area contributed by atoms with Crippen LogP contribution in [0.2, 0.25) is 6.04 Å². The molecule has 2 aromatic rings. The van der Waals surface area contributed by atoms with Gasteiger partial charge >= 0.3 is 14.8 Å². The van der Waals surface area contributed by atoms with Gasteiger partial charge in [0.25, 0.3) is 0 Å². The zero-order chi connectivity index (χ0) is 21.7. The molecule has 0 unspecified atom stereocenters. The van der Waals surface area contributed by atoms with E-state index in [0.29, 0.717) is 38.8 Å². The lowest BCUT2D eigenvalue weighted by molar-refractivity contribution is 0.0708. The Bertz CT molecular complexity index is 680. The highest BCUT2D eigenvalue weighted by Gasteiger charge is 2.39. The highest BCUT2D eigenvalue weighted by Crippen LogP contribution is 2.19. The van der Waals surface area contributed by atoms with Crippen molar-refractivity contribution < 1.29 is 18.1 Å². The zero-order valence-corrected chi connectivity index (χ0v) is 19.0. The fraction of sp³-hybridized carbons (Fsp3) is 0.476. The van der Waals surface area contributed by atoms with Crippen molar-refractivity contribution in [1.29, 1.82) is 0 Å². The number of carbonyl (C=O) groups is 1. The van der Waals surface area contributed by atoms with Crippen molar-refractivity contribution in [1.82, 2.24) is 20.6 Å². The van der Waals surface area contributed by atoms with Crippen LogP contribution in [0, 0.1) is 0 Å². The van der Waals surface area contributed by atoms with Crippen LogP contribution in [-0.2, 0) is 13.3 Å². The maximum Gasteiger partial charge on any atom is 0.500 e. The Kier molecular flexibility index (Phi) is 10.4. The molecule has 8 nitrogen and oxygen atoms in total. The van der Waals surface area contributed by atoms with Crippen molar-refractivity contribution in [2.24, 2.45) is 0 Å². The molecular formula is C21H32N4O4Si. The van der Waals surface area contributed by atoms with Crippen LogP contribution in [0.3, 0.4) is 0 Å². The maximum atomic E-state index is 12.5. The molecule has 0 aromatic carbocycles. The number of rotatable bonds is 13. The van der Waals surface area contributed by atoms with Gasteiger partial charge in [-0.25, -0.2) is 4.79 Å². The Labute approximate surface area is 179 Å². The second-order valence-electron chi connectivity index (χ2n) is 6.43. The third-order valence-corrected chi connectivity index (χ3v) is 7.43. The largest absolute Gasteiger partial charge is 0.500 e. The molecule has 0 radical (unpaired) electrons. The molecule has 0 aliphatic heterocycles. The van der Waals surface area contributed by atoms with E-state index in [2.05, 4.69) is 20.6 Å². The predicted octanol–water partition coefficient (Wildman–Crippen LogP) is 3.30. The van der Waals surface area contributed by atoms with Crippen LogP contribution in [0.4, 0.5) is 4.79 Å². The SMILES string of the molecule is CCO[Si](CCCNC(=O)NC(c1ccccn1)c1ccccn1)(OCC)OCC. The van der Waals surface area contributed by atoms with E-state index in [1.54, 1.807) is 12.4 Å². The van der Waals surface area contributed by atoms with Gasteiger partial charge in [-0.2, -0.15) is 0 Å². The Morgan fingerprint density at radius 2 is 1.47 bits per heavy atom. The molecule has 2 amide bonds. The molecule has 2 heterocycles. The summed E-state index contributed by atoms with van der Waals surface area (Å²) in [5.41, 5.74) is 1.45. The second-order valence-corrected chi connectivity index (χ2v) is 9.16. The summed E-state index contributed by atoms with van der Waals surface area (Å²) in [6, 6.07) is 11.1. The minimum absolute atomic E-state index is 0.284. The lowest BCUT2D eigenvalue weighted by atomic mass is 10.1. The molecule has 0 aliphatic carbocycles. The lowest BCUT2D eigenvalue weighted by Gasteiger charge is -2.28. The highest BCUT2D eigenvalue weighted by molar-refractivity contribution is 6.60. The maximum absolute atomic E-state index is 12.5. The van der Waals surface area contributed by atoms with Gasteiger partial charge < -0.3 is 23.9 Å². The summed E-state index contributed by atoms with van der Waals surface area (Å²) in [6.07, 6.45) is 4.09. The summed E-state index contributed by atoms with van der Waals surface area (Å²) in [5, 5.41) is 5.87. The van der Waals surface area contributed by atoms with E-state index in [9.17, 15) is 4.79 Å². The first-order valence-corrected chi connectivity index (χ1v) is 12.3. The first-order valence-electron chi connectivity index (χ1n) is 10.4. The number of carbonyl (C=O) groups excluding carboxylic acids is 1. The standard InChI is InChI=1S/C21H32N4O4Si/c1-4-27-30(28-5-2,29-6-3)17-11-16-24-21(26)25-20(18-12-7-9-14-22-18)19-13-8-10-15-23-19/h7-10,12-15,20H,4-6,11,16-17H2,1-3H3,(H2,24,25,26). The van der Waals surface area contributed by atoms with Gasteiger partial charge in [0.15, 0.2) is 0 Å². The fourth-order valence-corrected chi connectivity index (χ4v) is 5.70. The van der Waals surface area contributed by atoms with Gasteiger partial charge in [-0.1, -0.05) is 12.1 Å². The van der Waals surface area contributed by atoms with E-state index >= 15 is 0 Å². The average Bonchev–Trinajstić information content (AvgIpc) is 2.77. The van der Waals surface area contributed by atoms with Gasteiger partial charge in [0.2, 0.25) is 0 Å². The molecule has 0 atom stereocenters. The molecule has 0 fully saturated rings. The van der Waals surface area contributed by atoms with Crippen molar-refractivity contribution in [3.05, 3.63) is 60.2 Å². The van der Waals surface area contributed by atoms with E-state index in [0.717, 1.165) is 11.4 Å². The van der Waals surface area contributed by atoms with Crippen molar-refractivity contribution in [3.8, 4) is 0 Å². The van der Waals surface area contributed by atoms with Crippen molar-refractivity contribution in [2.45, 2.75) is 39.3 Å². The van der Waals surface area contributed by atoms with Gasteiger partial charge in [-0.3, -0.25) is 9.97 Å². The summed E-state index contributed by atoms with van der Waals surface area (Å²) in [4.78, 5) is 21.3. The number of nitrogens with zero attached hydrogens (tertiary/aromatic N) is 2. The first-order chi connectivity index (χ1) is 14.6. The number of amides is 2. The molecule has 2 N–H and O–H groups in total. The molecule has 0 aliphatic rings. The van der Waals surface area contributed by atoms with Crippen LogP contribution in [0.25, 0.3) is 0 Å². The molecule has 0 saturated heterocycles. The monoisotopic (exact) mass is 432 g/mol. The normalized spacial score (nSPS) is 11.5. The molecule has 0 saturated carbocycles. The van der Waals surface area contributed by atoms with E-state index in [-0.39, 0.29) is 6.03 Å². The van der Waals surface area contributed by atoms with Crippen LogP contribution < -0.4 is 10.6 Å². The molecule has 2 aromatic heterocycles. The van der Waals surface area contributed by atoms with Gasteiger partial charge in [-0.15, -0.1) is 0 Å². The average molecular weight is 433 g/mol. The summed E-state index contributed by atoms with van der Waals surface area (Å²) in [5.74, 6) is 0. The summed E-state index contributed by atoms with van der Waals surface area (Å²) < 4.78 is 17.5. The Balaban J connectivity index is 1.93. The number of urea groups is 1. The molecule has 164 valence electrons. The fourth-order valence-electron chi connectivity index (χ4n) is 3.08. The number of aromatic nitrogens is 2. The summed E-state index contributed by atoms with van der Waals surface area (Å²) >= 11 is 0. The predicted molar refractivity (Wildman–Crippen MR) is 117 cm³/mol. The smallest absolute Gasteiger partial charge is 0.374 e. The molecule has 30 heavy (non-hydrogen) atoms. The third-order valence-electron chi connectivity index (χ3n) is 4.28. The number of hydrogen-bond donors (Lipinski definition) is 2. The van der Waals surface area contributed by atoms with Gasteiger partial charge in [0, 0.05) is 44.8 Å². The van der Waals surface area contributed by atoms with Crippen LogP contribution >= 0.6 is 0 Å². The van der Waals surface area contributed by atoms with Crippen molar-refractivity contribution in [3.63, 3.8) is 0 Å². The molecule has 9 heteroatoms. The van der Waals surface area contributed by atoms with Gasteiger partial charge in [0.05, 0.1) is 11.4 Å². The topological polar surface area (TPSA) is 94.6 Å². The molecule has 2 rings (SSSR count). The van der Waals surface area contributed by atoms with Crippen LogP contribution in [0.5, 0.6) is 0 Å². The number of nitrogens with one attached hydrogen (secondary N) is 2. The van der Waals surface area contributed by atoms with Crippen LogP contribution in [0.15, 0.2) is 48.8 Å². The van der Waals surface area contributed by atoms with E-state index in [1.807, 2.05) is 57.2 Å². The minimum Gasteiger partial charge on any atom is -0.374 e. The van der Waals surface area contributed by atoms with E-state index < -0.39 is 14.8 Å². The van der Waals surface area contributed by atoms with E-state index in [1.165, 1.54) is 0 Å². The lowest BCUT2D eigenvalue weighted by Crippen LogP contribution is -2.46. The Morgan fingerprint density at radius 3 is 1.90 bits per heavy atom. The molecule has 0 bridgehead atoms. The Hall–Kier alpha value is -2.33. The highest BCUT2D eigenvalue weighted by atomic mass is 28.4. The summed E-state index contributed by atoms with van der Waals surface area (Å²) in [7, 11) is -2.70. The molecular weight excluding hydrogens is 400 g/mol. The second kappa shape index (κ2) is 13.1. The third kappa shape index (κ3) is 7.49. The van der Waals surface area contributed by atoms with E-state index in [4.69, 9.17) is 13.3 Å². The quantitative estimate of drug-likeness (QED) is 0.372. The van der Waals surface area contributed by atoms with Crippen molar-refractivity contribution >= 4 is 14.8 Å². The summed E-state index contributed by atoms with van der Waals surface area (Å²) in [6.45, 7) is 7.88. The molecule has 0 spiro atoms. The minimum atomic E-state index is -2.70. The van der Waals surface area contributed by atoms with Gasteiger partial charge in [-0.05, 0) is 51.5 Å². The first kappa shape index (κ1) is 23.9. The van der Waals surface area contributed by atoms with Gasteiger partial charge in [0.1, 0.15) is 6.04 Å². The van der Waals surface area contributed by atoms with Crippen LogP contribution in [-0.4, -0.2) is 51.2 Å². The van der Waals surface area contributed by atoms with Crippen molar-refractivity contribution in [2.75, 3.05) is 26.4 Å². The number of hydrogen-bond acceptors (Lipinski definition) is 6. The van der Waals surface area contributed by atoms with Crippen LogP contribution in [0.1, 0.15) is 44.6 Å². The number of pyridine rings is 2. The zero-order valence-electron chi connectivity index (χ0n) is 18.0.